The molecule has 4 aromatic rings. The van der Waals surface area contributed by atoms with Gasteiger partial charge in [-0.2, -0.15) is 4.98 Å². The molecule has 1 aliphatic heterocycles. The van der Waals surface area contributed by atoms with Gasteiger partial charge in [0.2, 0.25) is 5.95 Å². The normalized spacial score (nSPS) is 13.4. The number of esters is 1. The lowest BCUT2D eigenvalue weighted by Gasteiger charge is -2.21. The summed E-state index contributed by atoms with van der Waals surface area (Å²) in [6.07, 6.45) is 2.55. The average Bonchev–Trinajstić information content (AvgIpc) is 3.18. The molecule has 0 saturated heterocycles. The predicted molar refractivity (Wildman–Crippen MR) is 137 cm³/mol. The minimum atomic E-state index is -0.964. The van der Waals surface area contributed by atoms with Crippen LogP contribution in [0, 0.1) is 0 Å². The Hall–Kier alpha value is -4.05. The van der Waals surface area contributed by atoms with Gasteiger partial charge in [-0.3, -0.25) is 9.59 Å². The van der Waals surface area contributed by atoms with Crippen molar-refractivity contribution < 1.29 is 9.53 Å². The third-order valence-corrected chi connectivity index (χ3v) is 6.61. The van der Waals surface area contributed by atoms with Gasteiger partial charge >= 0.3 is 5.97 Å². The summed E-state index contributed by atoms with van der Waals surface area (Å²) in [6, 6.07) is 11.6. The minimum Gasteiger partial charge on any atom is -0.468 e. The molecule has 0 bridgehead atoms. The van der Waals surface area contributed by atoms with Gasteiger partial charge in [-0.05, 0) is 69.1 Å². The van der Waals surface area contributed by atoms with E-state index in [1.807, 2.05) is 13.0 Å². The summed E-state index contributed by atoms with van der Waals surface area (Å²) in [4.78, 5) is 39.4. The first-order valence-corrected chi connectivity index (χ1v) is 12.0. The van der Waals surface area contributed by atoms with Crippen molar-refractivity contribution in [3.05, 3.63) is 69.8 Å². The monoisotopic (exact) mass is 487 g/mol. The summed E-state index contributed by atoms with van der Waals surface area (Å²) < 4.78 is 8.21. The standard InChI is InChI=1S/C26H29N7O3/c1-5-32-23(34)19-15-28-25(29-18-10-9-16-11-12-27-14-17(16)13-18)31-22(19)33(32)21-8-6-7-20(30-21)26(2,3)24(35)36-4/h6-10,13,15,27H,5,11-12,14H2,1-4H3,(H,28,29,31). The number of nitrogens with zero attached hydrogens (tertiary/aromatic N) is 5. The fourth-order valence-electron chi connectivity index (χ4n) is 4.54. The fourth-order valence-corrected chi connectivity index (χ4v) is 4.54. The van der Waals surface area contributed by atoms with Crippen LogP contribution in [0.4, 0.5) is 11.6 Å². The number of nitrogens with one attached hydrogen (secondary N) is 2. The number of carbonyl (C=O) groups is 1. The number of ether oxygens (including phenoxy) is 1. The summed E-state index contributed by atoms with van der Waals surface area (Å²) in [5, 5.41) is 7.05. The highest BCUT2D eigenvalue weighted by Gasteiger charge is 2.33. The summed E-state index contributed by atoms with van der Waals surface area (Å²) >= 11 is 0. The van der Waals surface area contributed by atoms with Crippen molar-refractivity contribution in [1.29, 1.82) is 0 Å². The number of aromatic nitrogens is 5. The maximum absolute atomic E-state index is 13.2. The lowest BCUT2D eigenvalue weighted by atomic mass is 9.89. The first-order valence-electron chi connectivity index (χ1n) is 12.0. The predicted octanol–water partition coefficient (Wildman–Crippen LogP) is 2.84. The van der Waals surface area contributed by atoms with Crippen LogP contribution in [0.1, 0.15) is 37.6 Å². The minimum absolute atomic E-state index is 0.210. The molecule has 0 atom stereocenters. The zero-order valence-corrected chi connectivity index (χ0v) is 20.8. The van der Waals surface area contributed by atoms with E-state index in [9.17, 15) is 9.59 Å². The van der Waals surface area contributed by atoms with E-state index in [1.54, 1.807) is 41.4 Å². The molecule has 36 heavy (non-hydrogen) atoms. The van der Waals surface area contributed by atoms with E-state index in [4.69, 9.17) is 14.7 Å². The molecule has 1 aliphatic rings. The summed E-state index contributed by atoms with van der Waals surface area (Å²) in [6.45, 7) is 7.60. The molecule has 0 aliphatic carbocycles. The van der Waals surface area contributed by atoms with Crippen molar-refractivity contribution in [2.45, 2.75) is 45.7 Å². The molecule has 0 unspecified atom stereocenters. The SMILES string of the molecule is CCn1c(=O)c2cnc(Nc3ccc4c(c3)CNCC4)nc2n1-c1cccc(C(C)(C)C(=O)OC)n1. The Morgan fingerprint density at radius 2 is 2.03 bits per heavy atom. The second-order valence-electron chi connectivity index (χ2n) is 9.30. The number of benzene rings is 1. The molecule has 10 nitrogen and oxygen atoms in total. The van der Waals surface area contributed by atoms with Crippen LogP contribution in [0.25, 0.3) is 16.9 Å². The van der Waals surface area contributed by atoms with E-state index in [1.165, 1.54) is 24.4 Å². The topological polar surface area (TPSA) is 116 Å². The van der Waals surface area contributed by atoms with Crippen LogP contribution in [0.3, 0.4) is 0 Å². The molecule has 0 radical (unpaired) electrons. The van der Waals surface area contributed by atoms with E-state index < -0.39 is 11.4 Å². The van der Waals surface area contributed by atoms with Gasteiger partial charge in [-0.1, -0.05) is 12.1 Å². The molecule has 0 fully saturated rings. The Bertz CT molecular complexity index is 1520. The zero-order chi connectivity index (χ0) is 25.4. The summed E-state index contributed by atoms with van der Waals surface area (Å²) in [5.74, 6) is 0.452. The van der Waals surface area contributed by atoms with Crippen molar-refractivity contribution in [1.82, 2.24) is 29.6 Å². The van der Waals surface area contributed by atoms with Crippen molar-refractivity contribution in [2.24, 2.45) is 0 Å². The average molecular weight is 488 g/mol. The van der Waals surface area contributed by atoms with Gasteiger partial charge in [0.05, 0.1) is 12.8 Å². The van der Waals surface area contributed by atoms with Crippen molar-refractivity contribution in [3.8, 4) is 5.82 Å². The Kier molecular flexibility index (Phi) is 6.05. The van der Waals surface area contributed by atoms with Crippen LogP contribution in [0.5, 0.6) is 0 Å². The van der Waals surface area contributed by atoms with Crippen LogP contribution in [-0.2, 0) is 34.5 Å². The summed E-state index contributed by atoms with van der Waals surface area (Å²) in [5.41, 5.74) is 3.24. The van der Waals surface area contributed by atoms with Gasteiger partial charge in [0.25, 0.3) is 5.56 Å². The van der Waals surface area contributed by atoms with Gasteiger partial charge in [0.1, 0.15) is 10.8 Å². The zero-order valence-electron chi connectivity index (χ0n) is 20.8. The second-order valence-corrected chi connectivity index (χ2v) is 9.30. The molecule has 3 aromatic heterocycles. The van der Waals surface area contributed by atoms with Gasteiger partial charge in [0.15, 0.2) is 11.5 Å². The number of rotatable bonds is 6. The van der Waals surface area contributed by atoms with Gasteiger partial charge in [-0.25, -0.2) is 19.3 Å². The second kappa shape index (κ2) is 9.19. The molecule has 4 heterocycles. The molecule has 2 N–H and O–H groups in total. The first-order chi connectivity index (χ1) is 17.3. The smallest absolute Gasteiger partial charge is 0.317 e. The molecular weight excluding hydrogens is 458 g/mol. The Morgan fingerprint density at radius 1 is 1.19 bits per heavy atom. The maximum atomic E-state index is 13.2. The van der Waals surface area contributed by atoms with Gasteiger partial charge < -0.3 is 15.4 Å². The lowest BCUT2D eigenvalue weighted by molar-refractivity contribution is -0.146. The molecule has 0 amide bonds. The van der Waals surface area contributed by atoms with Crippen LogP contribution in [-0.4, -0.2) is 43.9 Å². The Morgan fingerprint density at radius 3 is 2.81 bits per heavy atom. The number of hydrogen-bond acceptors (Lipinski definition) is 8. The largest absolute Gasteiger partial charge is 0.468 e. The lowest BCUT2D eigenvalue weighted by Crippen LogP contribution is -2.32. The van der Waals surface area contributed by atoms with E-state index in [2.05, 4.69) is 27.8 Å². The van der Waals surface area contributed by atoms with Gasteiger partial charge in [0, 0.05) is 25.0 Å². The molecule has 1 aromatic carbocycles. The van der Waals surface area contributed by atoms with Gasteiger partial charge in [-0.15, -0.1) is 0 Å². The van der Waals surface area contributed by atoms with E-state index in [0.29, 0.717) is 35.0 Å². The number of carbonyl (C=O) groups excluding carboxylic acids is 1. The molecular formula is C26H29N7O3. The third kappa shape index (κ3) is 4.03. The van der Waals surface area contributed by atoms with Crippen molar-refractivity contribution in [2.75, 3.05) is 19.0 Å². The van der Waals surface area contributed by atoms with E-state index >= 15 is 0 Å². The van der Waals surface area contributed by atoms with Crippen LogP contribution >= 0.6 is 0 Å². The number of fused-ring (bicyclic) bond motifs is 2. The number of pyridine rings is 1. The van der Waals surface area contributed by atoms with E-state index in [0.717, 1.165) is 25.2 Å². The first kappa shape index (κ1) is 23.7. The van der Waals surface area contributed by atoms with Crippen LogP contribution < -0.4 is 16.2 Å². The Balaban J connectivity index is 1.59. The maximum Gasteiger partial charge on any atom is 0.317 e. The molecule has 5 rings (SSSR count). The number of hydrogen-bond donors (Lipinski definition) is 2. The summed E-state index contributed by atoms with van der Waals surface area (Å²) in [7, 11) is 1.35. The molecule has 186 valence electrons. The highest BCUT2D eigenvalue weighted by molar-refractivity contribution is 5.81. The molecule has 0 spiro atoms. The highest BCUT2D eigenvalue weighted by Crippen LogP contribution is 2.25. The third-order valence-electron chi connectivity index (χ3n) is 6.61. The fraction of sp³-hybridized carbons (Fsp3) is 0.346. The molecule has 0 saturated carbocycles. The van der Waals surface area contributed by atoms with Crippen molar-refractivity contribution >= 4 is 28.6 Å². The Labute approximate surface area is 208 Å². The number of methoxy groups -OCH3 is 1. The van der Waals surface area contributed by atoms with Crippen molar-refractivity contribution in [3.63, 3.8) is 0 Å². The number of anilines is 2. The van der Waals surface area contributed by atoms with Crippen LogP contribution in [0.15, 0.2) is 47.4 Å². The van der Waals surface area contributed by atoms with E-state index in [-0.39, 0.29) is 5.56 Å². The van der Waals surface area contributed by atoms with Crippen LogP contribution in [0.2, 0.25) is 0 Å². The molecule has 10 heteroatoms. The quantitative estimate of drug-likeness (QED) is 0.399. The highest BCUT2D eigenvalue weighted by atomic mass is 16.5.